The second-order valence-electron chi connectivity index (χ2n) is 4.77. The predicted molar refractivity (Wildman–Crippen MR) is 86.4 cm³/mol. The van der Waals surface area contributed by atoms with Crippen molar-refractivity contribution in [3.05, 3.63) is 68.7 Å². The molecule has 0 radical (unpaired) electrons. The van der Waals surface area contributed by atoms with Crippen molar-refractivity contribution in [1.82, 2.24) is 0 Å². The van der Waals surface area contributed by atoms with Crippen LogP contribution < -0.4 is 0 Å². The first-order valence-electron chi connectivity index (χ1n) is 6.37. The molecule has 2 aromatic carbocycles. The number of aliphatic carboxylic acids is 1. The lowest BCUT2D eigenvalue weighted by molar-refractivity contribution is -0.141. The standard InChI is InChI=1S/C16H13Cl3O2/c17-12-6-4-10(5-7-12)8-11(16(20)21)9-13-14(18)2-1-3-15(13)19/h1-7,11H,8-9H2,(H,20,21). The molecule has 2 aromatic rings. The fraction of sp³-hybridized carbons (Fsp3) is 0.188. The maximum Gasteiger partial charge on any atom is 0.307 e. The highest BCUT2D eigenvalue weighted by molar-refractivity contribution is 6.36. The summed E-state index contributed by atoms with van der Waals surface area (Å²) in [5, 5.41) is 11.0. The normalized spacial score (nSPS) is 12.1. The molecular weight excluding hydrogens is 331 g/mol. The molecule has 2 rings (SSSR count). The summed E-state index contributed by atoms with van der Waals surface area (Å²) in [6, 6.07) is 12.3. The molecule has 1 N–H and O–H groups in total. The Kier molecular flexibility index (Phi) is 5.51. The van der Waals surface area contributed by atoms with Crippen molar-refractivity contribution in [3.8, 4) is 0 Å². The molecule has 0 aromatic heterocycles. The van der Waals surface area contributed by atoms with Crippen molar-refractivity contribution in [2.75, 3.05) is 0 Å². The van der Waals surface area contributed by atoms with E-state index in [9.17, 15) is 9.90 Å². The molecule has 0 saturated carbocycles. The van der Waals surface area contributed by atoms with Gasteiger partial charge in [-0.1, -0.05) is 53.0 Å². The maximum absolute atomic E-state index is 11.5. The van der Waals surface area contributed by atoms with Crippen LogP contribution in [0.1, 0.15) is 11.1 Å². The van der Waals surface area contributed by atoms with Crippen LogP contribution in [0.25, 0.3) is 0 Å². The van der Waals surface area contributed by atoms with Crippen molar-refractivity contribution in [2.45, 2.75) is 12.8 Å². The van der Waals surface area contributed by atoms with Crippen molar-refractivity contribution >= 4 is 40.8 Å². The summed E-state index contributed by atoms with van der Waals surface area (Å²) in [4.78, 5) is 11.5. The maximum atomic E-state index is 11.5. The predicted octanol–water partition coefficient (Wildman–Crippen LogP) is 5.13. The molecule has 0 bridgehead atoms. The first kappa shape index (κ1) is 16.2. The third kappa shape index (κ3) is 4.37. The van der Waals surface area contributed by atoms with Crippen LogP contribution in [-0.2, 0) is 17.6 Å². The summed E-state index contributed by atoms with van der Waals surface area (Å²) in [7, 11) is 0. The molecule has 0 fully saturated rings. The molecule has 0 spiro atoms. The van der Waals surface area contributed by atoms with E-state index in [1.54, 1.807) is 30.3 Å². The number of hydrogen-bond acceptors (Lipinski definition) is 1. The third-order valence-corrected chi connectivity index (χ3v) is 4.22. The molecule has 1 unspecified atom stereocenters. The zero-order valence-electron chi connectivity index (χ0n) is 11.0. The van der Waals surface area contributed by atoms with Gasteiger partial charge >= 0.3 is 5.97 Å². The Hall–Kier alpha value is -1.22. The number of carboxylic acid groups (broad SMARTS) is 1. The van der Waals surface area contributed by atoms with E-state index in [1.807, 2.05) is 12.1 Å². The number of hydrogen-bond donors (Lipinski definition) is 1. The lowest BCUT2D eigenvalue weighted by Gasteiger charge is -2.14. The quantitative estimate of drug-likeness (QED) is 0.817. The van der Waals surface area contributed by atoms with E-state index in [4.69, 9.17) is 34.8 Å². The first-order chi connectivity index (χ1) is 9.97. The van der Waals surface area contributed by atoms with Gasteiger partial charge in [-0.05, 0) is 48.2 Å². The smallest absolute Gasteiger partial charge is 0.307 e. The first-order valence-corrected chi connectivity index (χ1v) is 7.51. The molecule has 5 heteroatoms. The number of halogens is 3. The molecule has 0 aliphatic heterocycles. The topological polar surface area (TPSA) is 37.3 Å². The Labute approximate surface area is 138 Å². The molecule has 0 aliphatic rings. The largest absolute Gasteiger partial charge is 0.481 e. The molecule has 21 heavy (non-hydrogen) atoms. The Morgan fingerprint density at radius 1 is 0.952 bits per heavy atom. The van der Waals surface area contributed by atoms with Crippen molar-refractivity contribution in [3.63, 3.8) is 0 Å². The number of benzene rings is 2. The van der Waals surface area contributed by atoms with Gasteiger partial charge in [0.25, 0.3) is 0 Å². The molecule has 0 amide bonds. The van der Waals surface area contributed by atoms with Crippen molar-refractivity contribution in [1.29, 1.82) is 0 Å². The van der Waals surface area contributed by atoms with Gasteiger partial charge in [0, 0.05) is 15.1 Å². The van der Waals surface area contributed by atoms with Crippen molar-refractivity contribution < 1.29 is 9.90 Å². The van der Waals surface area contributed by atoms with Gasteiger partial charge in [-0.15, -0.1) is 0 Å². The Morgan fingerprint density at radius 2 is 1.52 bits per heavy atom. The molecule has 0 saturated heterocycles. The highest BCUT2D eigenvalue weighted by atomic mass is 35.5. The summed E-state index contributed by atoms with van der Waals surface area (Å²) in [5.74, 6) is -1.47. The van der Waals surface area contributed by atoms with E-state index in [-0.39, 0.29) is 6.42 Å². The van der Waals surface area contributed by atoms with E-state index in [0.717, 1.165) is 5.56 Å². The Morgan fingerprint density at radius 3 is 2.05 bits per heavy atom. The summed E-state index contributed by atoms with van der Waals surface area (Å²) in [6.45, 7) is 0. The molecule has 0 aliphatic carbocycles. The van der Waals surface area contributed by atoms with Gasteiger partial charge in [-0.2, -0.15) is 0 Å². The minimum Gasteiger partial charge on any atom is -0.481 e. The van der Waals surface area contributed by atoms with Gasteiger partial charge < -0.3 is 5.11 Å². The fourth-order valence-electron chi connectivity index (χ4n) is 2.13. The van der Waals surface area contributed by atoms with E-state index >= 15 is 0 Å². The average molecular weight is 344 g/mol. The zero-order chi connectivity index (χ0) is 15.4. The van der Waals surface area contributed by atoms with Crippen LogP contribution in [0.4, 0.5) is 0 Å². The summed E-state index contributed by atoms with van der Waals surface area (Å²) >= 11 is 18.0. The second-order valence-corrected chi connectivity index (χ2v) is 6.02. The van der Waals surface area contributed by atoms with E-state index in [1.165, 1.54) is 0 Å². The molecule has 0 heterocycles. The summed E-state index contributed by atoms with van der Waals surface area (Å²) in [5.41, 5.74) is 1.58. The molecule has 2 nitrogen and oxygen atoms in total. The van der Waals surface area contributed by atoms with Crippen LogP contribution in [0, 0.1) is 5.92 Å². The molecular formula is C16H13Cl3O2. The van der Waals surface area contributed by atoms with Crippen molar-refractivity contribution in [2.24, 2.45) is 5.92 Å². The number of carboxylic acids is 1. The van der Waals surface area contributed by atoms with Crippen LogP contribution in [0.5, 0.6) is 0 Å². The van der Waals surface area contributed by atoms with E-state index in [2.05, 4.69) is 0 Å². The van der Waals surface area contributed by atoms with Crippen LogP contribution in [0.15, 0.2) is 42.5 Å². The van der Waals surface area contributed by atoms with Crippen LogP contribution in [-0.4, -0.2) is 11.1 Å². The van der Waals surface area contributed by atoms with E-state index in [0.29, 0.717) is 27.1 Å². The SMILES string of the molecule is O=C(O)C(Cc1ccc(Cl)cc1)Cc1c(Cl)cccc1Cl. The summed E-state index contributed by atoms with van der Waals surface area (Å²) in [6.07, 6.45) is 0.685. The Balaban J connectivity index is 2.20. The number of rotatable bonds is 5. The Bertz CT molecular complexity index is 618. The fourth-order valence-corrected chi connectivity index (χ4v) is 2.80. The average Bonchev–Trinajstić information content (AvgIpc) is 2.43. The minimum atomic E-state index is -0.874. The van der Waals surface area contributed by atoms with Gasteiger partial charge in [0.05, 0.1) is 5.92 Å². The van der Waals surface area contributed by atoms with Gasteiger partial charge in [0.15, 0.2) is 0 Å². The minimum absolute atomic E-state index is 0.288. The van der Waals surface area contributed by atoms with Gasteiger partial charge in [0.2, 0.25) is 0 Å². The van der Waals surface area contributed by atoms with Crippen LogP contribution in [0.3, 0.4) is 0 Å². The third-order valence-electron chi connectivity index (χ3n) is 3.26. The monoisotopic (exact) mass is 342 g/mol. The van der Waals surface area contributed by atoms with E-state index < -0.39 is 11.9 Å². The zero-order valence-corrected chi connectivity index (χ0v) is 13.3. The molecule has 1 atom stereocenters. The summed E-state index contributed by atoms with van der Waals surface area (Å²) < 4.78 is 0. The molecule has 110 valence electrons. The lowest BCUT2D eigenvalue weighted by atomic mass is 9.92. The van der Waals surface area contributed by atoms with Crippen LogP contribution in [0.2, 0.25) is 15.1 Å². The van der Waals surface area contributed by atoms with Gasteiger partial charge in [-0.25, -0.2) is 0 Å². The van der Waals surface area contributed by atoms with Gasteiger partial charge in [0.1, 0.15) is 0 Å². The highest BCUT2D eigenvalue weighted by Gasteiger charge is 2.21. The van der Waals surface area contributed by atoms with Gasteiger partial charge in [-0.3, -0.25) is 4.79 Å². The second kappa shape index (κ2) is 7.17. The number of carbonyl (C=O) groups is 1. The van der Waals surface area contributed by atoms with Crippen LogP contribution >= 0.6 is 34.8 Å². The lowest BCUT2D eigenvalue weighted by Crippen LogP contribution is -2.19. The highest BCUT2D eigenvalue weighted by Crippen LogP contribution is 2.28.